The van der Waals surface area contributed by atoms with Gasteiger partial charge in [0, 0.05) is 31.7 Å². The summed E-state index contributed by atoms with van der Waals surface area (Å²) in [4.78, 5) is 22.9. The Morgan fingerprint density at radius 3 is 2.90 bits per heavy atom. The molecule has 21 heavy (non-hydrogen) atoms. The van der Waals surface area contributed by atoms with Crippen LogP contribution in [-0.2, 0) is 6.54 Å². The SMILES string of the molecule is NCc1ccc(C(=O)N2CCCC2c2cccnc2)nc1. The molecular weight excluding hydrogens is 264 g/mol. The molecule has 108 valence electrons. The topological polar surface area (TPSA) is 72.1 Å². The molecule has 0 bridgehead atoms. The molecular formula is C16H18N4O. The Balaban J connectivity index is 1.82. The van der Waals surface area contributed by atoms with Gasteiger partial charge in [-0.2, -0.15) is 0 Å². The lowest BCUT2D eigenvalue weighted by molar-refractivity contribution is 0.0729. The number of pyridine rings is 2. The molecule has 5 nitrogen and oxygen atoms in total. The van der Waals surface area contributed by atoms with Gasteiger partial charge in [-0.15, -0.1) is 0 Å². The molecule has 0 radical (unpaired) electrons. The highest BCUT2D eigenvalue weighted by atomic mass is 16.2. The number of hydrogen-bond acceptors (Lipinski definition) is 4. The Morgan fingerprint density at radius 2 is 2.24 bits per heavy atom. The predicted molar refractivity (Wildman–Crippen MR) is 79.4 cm³/mol. The highest BCUT2D eigenvalue weighted by Gasteiger charge is 2.31. The Labute approximate surface area is 123 Å². The van der Waals surface area contributed by atoms with Crippen LogP contribution in [0.25, 0.3) is 0 Å². The van der Waals surface area contributed by atoms with Crippen molar-refractivity contribution >= 4 is 5.91 Å². The van der Waals surface area contributed by atoms with Gasteiger partial charge in [0.15, 0.2) is 0 Å². The second-order valence-electron chi connectivity index (χ2n) is 5.20. The largest absolute Gasteiger partial charge is 0.330 e. The van der Waals surface area contributed by atoms with E-state index in [9.17, 15) is 4.79 Å². The first kappa shape index (κ1) is 13.7. The standard InChI is InChI=1S/C16H18N4O/c17-9-12-5-6-14(19-10-12)16(21)20-8-2-4-15(20)13-3-1-7-18-11-13/h1,3,5-7,10-11,15H,2,4,8-9,17H2. The summed E-state index contributed by atoms with van der Waals surface area (Å²) in [7, 11) is 0. The molecule has 1 atom stereocenters. The van der Waals surface area contributed by atoms with Gasteiger partial charge in [-0.3, -0.25) is 14.8 Å². The zero-order valence-electron chi connectivity index (χ0n) is 11.8. The summed E-state index contributed by atoms with van der Waals surface area (Å²) in [6, 6.07) is 7.64. The molecule has 1 amide bonds. The first-order valence-electron chi connectivity index (χ1n) is 7.15. The first-order chi connectivity index (χ1) is 10.3. The molecule has 3 rings (SSSR count). The minimum atomic E-state index is -0.0232. The molecule has 1 saturated heterocycles. The molecule has 5 heteroatoms. The smallest absolute Gasteiger partial charge is 0.272 e. The number of carbonyl (C=O) groups is 1. The van der Waals surface area contributed by atoms with Crippen molar-refractivity contribution in [2.24, 2.45) is 5.73 Å². The number of nitrogens with zero attached hydrogens (tertiary/aromatic N) is 3. The molecule has 3 heterocycles. The summed E-state index contributed by atoms with van der Waals surface area (Å²) in [5.74, 6) is -0.0232. The van der Waals surface area contributed by atoms with E-state index in [0.29, 0.717) is 12.2 Å². The van der Waals surface area contributed by atoms with Crippen molar-refractivity contribution in [1.82, 2.24) is 14.9 Å². The fourth-order valence-corrected chi connectivity index (χ4v) is 2.75. The lowest BCUT2D eigenvalue weighted by Crippen LogP contribution is -2.31. The molecule has 0 spiro atoms. The van der Waals surface area contributed by atoms with Crippen LogP contribution in [0.5, 0.6) is 0 Å². The summed E-state index contributed by atoms with van der Waals surface area (Å²) in [6.45, 7) is 1.20. The van der Waals surface area contributed by atoms with Crippen LogP contribution in [0.3, 0.4) is 0 Å². The molecule has 1 aliphatic rings. The molecule has 2 aromatic heterocycles. The number of rotatable bonds is 3. The van der Waals surface area contributed by atoms with Crippen molar-refractivity contribution in [3.05, 3.63) is 59.7 Å². The van der Waals surface area contributed by atoms with Gasteiger partial charge in [-0.25, -0.2) is 0 Å². The van der Waals surface area contributed by atoms with E-state index in [1.807, 2.05) is 29.3 Å². The van der Waals surface area contributed by atoms with Crippen molar-refractivity contribution < 1.29 is 4.79 Å². The van der Waals surface area contributed by atoms with Crippen LogP contribution in [0.4, 0.5) is 0 Å². The maximum Gasteiger partial charge on any atom is 0.272 e. The molecule has 1 fully saturated rings. The van der Waals surface area contributed by atoms with E-state index in [1.54, 1.807) is 18.5 Å². The summed E-state index contributed by atoms with van der Waals surface area (Å²) in [5.41, 5.74) is 8.04. The molecule has 0 aromatic carbocycles. The van der Waals surface area contributed by atoms with E-state index >= 15 is 0 Å². The second kappa shape index (κ2) is 6.01. The van der Waals surface area contributed by atoms with Crippen LogP contribution in [0, 0.1) is 0 Å². The first-order valence-corrected chi connectivity index (χ1v) is 7.15. The quantitative estimate of drug-likeness (QED) is 0.933. The number of aromatic nitrogens is 2. The van der Waals surface area contributed by atoms with Gasteiger partial charge in [0.05, 0.1) is 6.04 Å². The highest BCUT2D eigenvalue weighted by molar-refractivity contribution is 5.92. The Kier molecular flexibility index (Phi) is 3.92. The molecule has 2 aromatic rings. The zero-order valence-corrected chi connectivity index (χ0v) is 11.8. The molecule has 0 saturated carbocycles. The summed E-state index contributed by atoms with van der Waals surface area (Å²) < 4.78 is 0. The number of likely N-dealkylation sites (tertiary alicyclic amines) is 1. The van der Waals surface area contributed by atoms with Crippen LogP contribution in [0.1, 0.15) is 40.5 Å². The minimum Gasteiger partial charge on any atom is -0.330 e. The van der Waals surface area contributed by atoms with Crippen LogP contribution in [-0.4, -0.2) is 27.3 Å². The van der Waals surface area contributed by atoms with E-state index in [0.717, 1.165) is 30.5 Å². The monoisotopic (exact) mass is 282 g/mol. The predicted octanol–water partition coefficient (Wildman–Crippen LogP) is 1.91. The van der Waals surface area contributed by atoms with E-state index in [2.05, 4.69) is 9.97 Å². The van der Waals surface area contributed by atoms with E-state index in [1.165, 1.54) is 0 Å². The fraction of sp³-hybridized carbons (Fsp3) is 0.312. The average molecular weight is 282 g/mol. The normalized spacial score (nSPS) is 18.0. The van der Waals surface area contributed by atoms with Crippen molar-refractivity contribution in [1.29, 1.82) is 0 Å². The zero-order chi connectivity index (χ0) is 14.7. The van der Waals surface area contributed by atoms with Gasteiger partial charge >= 0.3 is 0 Å². The summed E-state index contributed by atoms with van der Waals surface area (Å²) in [5, 5.41) is 0. The van der Waals surface area contributed by atoms with Crippen molar-refractivity contribution in [3.8, 4) is 0 Å². The third-order valence-corrected chi connectivity index (χ3v) is 3.86. The van der Waals surface area contributed by atoms with E-state index < -0.39 is 0 Å². The van der Waals surface area contributed by atoms with E-state index in [-0.39, 0.29) is 11.9 Å². The molecule has 2 N–H and O–H groups in total. The number of carbonyl (C=O) groups excluding carboxylic acids is 1. The van der Waals surface area contributed by atoms with Crippen LogP contribution >= 0.6 is 0 Å². The van der Waals surface area contributed by atoms with Crippen LogP contribution in [0.2, 0.25) is 0 Å². The third kappa shape index (κ3) is 2.78. The van der Waals surface area contributed by atoms with Crippen molar-refractivity contribution in [2.45, 2.75) is 25.4 Å². The molecule has 0 aliphatic carbocycles. The maximum absolute atomic E-state index is 12.6. The summed E-state index contributed by atoms with van der Waals surface area (Å²) in [6.07, 6.45) is 7.23. The number of amides is 1. The number of hydrogen-bond donors (Lipinski definition) is 1. The van der Waals surface area contributed by atoms with Gasteiger partial charge in [0.25, 0.3) is 5.91 Å². The second-order valence-corrected chi connectivity index (χ2v) is 5.20. The lowest BCUT2D eigenvalue weighted by Gasteiger charge is -2.24. The van der Waals surface area contributed by atoms with E-state index in [4.69, 9.17) is 5.73 Å². The molecule has 1 unspecified atom stereocenters. The van der Waals surface area contributed by atoms with Crippen LogP contribution < -0.4 is 5.73 Å². The van der Waals surface area contributed by atoms with Gasteiger partial charge in [-0.05, 0) is 36.1 Å². The minimum absolute atomic E-state index is 0.0232. The van der Waals surface area contributed by atoms with Crippen molar-refractivity contribution in [2.75, 3.05) is 6.54 Å². The third-order valence-electron chi connectivity index (χ3n) is 3.86. The average Bonchev–Trinajstić information content (AvgIpc) is 3.04. The highest BCUT2D eigenvalue weighted by Crippen LogP contribution is 2.32. The fourth-order valence-electron chi connectivity index (χ4n) is 2.75. The molecule has 1 aliphatic heterocycles. The van der Waals surface area contributed by atoms with Crippen LogP contribution in [0.15, 0.2) is 42.9 Å². The van der Waals surface area contributed by atoms with Gasteiger partial charge in [-0.1, -0.05) is 12.1 Å². The Hall–Kier alpha value is -2.27. The lowest BCUT2D eigenvalue weighted by atomic mass is 10.1. The Bertz CT molecular complexity index is 612. The maximum atomic E-state index is 12.6. The number of nitrogens with two attached hydrogens (primary N) is 1. The van der Waals surface area contributed by atoms with Gasteiger partial charge in [0.1, 0.15) is 5.69 Å². The van der Waals surface area contributed by atoms with Gasteiger partial charge in [0.2, 0.25) is 0 Å². The Morgan fingerprint density at radius 1 is 1.33 bits per heavy atom. The van der Waals surface area contributed by atoms with Gasteiger partial charge < -0.3 is 10.6 Å². The summed E-state index contributed by atoms with van der Waals surface area (Å²) >= 11 is 0. The van der Waals surface area contributed by atoms with Crippen molar-refractivity contribution in [3.63, 3.8) is 0 Å².